The van der Waals surface area contributed by atoms with E-state index in [1.54, 1.807) is 22.5 Å². The summed E-state index contributed by atoms with van der Waals surface area (Å²) < 4.78 is 3.44. The molecule has 0 bridgehead atoms. The van der Waals surface area contributed by atoms with E-state index >= 15 is 0 Å². The van der Waals surface area contributed by atoms with Crippen LogP contribution in [0.25, 0.3) is 10.2 Å². The Morgan fingerprint density at radius 3 is 2.68 bits per heavy atom. The Hall–Kier alpha value is -2.42. The van der Waals surface area contributed by atoms with Gasteiger partial charge < -0.3 is 5.32 Å². The summed E-state index contributed by atoms with van der Waals surface area (Å²) in [5.41, 5.74) is 3.30. The van der Waals surface area contributed by atoms with Crippen LogP contribution in [0.4, 0.5) is 5.69 Å². The van der Waals surface area contributed by atoms with E-state index in [4.69, 9.17) is 0 Å². The topological polar surface area (TPSA) is 64.0 Å². The molecule has 5 nitrogen and oxygen atoms in total. The van der Waals surface area contributed by atoms with Gasteiger partial charge in [-0.05, 0) is 69.7 Å². The van der Waals surface area contributed by atoms with Crippen LogP contribution in [0.1, 0.15) is 18.2 Å². The number of aromatic nitrogens is 2. The summed E-state index contributed by atoms with van der Waals surface area (Å²) in [6.45, 7) is 2.52. The largest absolute Gasteiger partial charge is 0.326 e. The molecule has 2 aromatic carbocycles. The van der Waals surface area contributed by atoms with Crippen LogP contribution in [0.5, 0.6) is 0 Å². The molecule has 0 aliphatic carbocycles. The fraction of sp³-hybridized carbons (Fsp3) is 0.174. The van der Waals surface area contributed by atoms with E-state index in [0.29, 0.717) is 18.7 Å². The lowest BCUT2D eigenvalue weighted by Gasteiger charge is -2.07. The van der Waals surface area contributed by atoms with Gasteiger partial charge in [-0.25, -0.2) is 0 Å². The minimum atomic E-state index is -0.0823. The molecule has 0 radical (unpaired) electrons. The van der Waals surface area contributed by atoms with Crippen LogP contribution in [0, 0.1) is 0 Å². The van der Waals surface area contributed by atoms with E-state index < -0.39 is 0 Å². The molecule has 1 amide bonds. The molecule has 2 aromatic heterocycles. The number of pyridine rings is 1. The van der Waals surface area contributed by atoms with Crippen molar-refractivity contribution in [2.75, 3.05) is 11.1 Å². The third-order valence-corrected chi connectivity index (χ3v) is 6.96. The number of halogens is 1. The van der Waals surface area contributed by atoms with Gasteiger partial charge in [0.1, 0.15) is 0 Å². The summed E-state index contributed by atoms with van der Waals surface area (Å²) in [5.74, 6) is 0.941. The molecule has 31 heavy (non-hydrogen) atoms. The second-order valence-electron chi connectivity index (χ2n) is 6.91. The van der Waals surface area contributed by atoms with E-state index in [-0.39, 0.29) is 10.8 Å². The molecule has 0 saturated heterocycles. The van der Waals surface area contributed by atoms with Crippen molar-refractivity contribution in [3.05, 3.63) is 86.2 Å². The Morgan fingerprint density at radius 1 is 1.16 bits per heavy atom. The van der Waals surface area contributed by atoms with E-state index in [0.717, 1.165) is 31.7 Å². The number of anilines is 1. The fourth-order valence-electron chi connectivity index (χ4n) is 3.22. The van der Waals surface area contributed by atoms with Gasteiger partial charge in [-0.15, -0.1) is 11.8 Å². The molecule has 4 aromatic rings. The molecule has 4 rings (SSSR count). The summed E-state index contributed by atoms with van der Waals surface area (Å²) in [6.07, 6.45) is 2.03. The number of rotatable bonds is 7. The van der Waals surface area contributed by atoms with Crippen molar-refractivity contribution in [3.8, 4) is 0 Å². The first-order valence-electron chi connectivity index (χ1n) is 9.77. The highest BCUT2D eigenvalue weighted by atomic mass is 79.9. The van der Waals surface area contributed by atoms with Crippen molar-refractivity contribution < 1.29 is 4.79 Å². The highest BCUT2D eigenvalue weighted by Crippen LogP contribution is 2.23. The van der Waals surface area contributed by atoms with Gasteiger partial charge in [-0.2, -0.15) is 0 Å². The molecule has 0 atom stereocenters. The Labute approximate surface area is 196 Å². The normalized spacial score (nSPS) is 11.0. The Balaban J connectivity index is 1.47. The number of nitrogens with zero attached hydrogens (tertiary/aromatic N) is 2. The molecule has 0 saturated carbocycles. The number of hydrogen-bond acceptors (Lipinski definition) is 5. The average Bonchev–Trinajstić information content (AvgIpc) is 3.05. The number of benzene rings is 2. The van der Waals surface area contributed by atoms with Crippen LogP contribution in [0.15, 0.2) is 75.0 Å². The number of thiazole rings is 1. The summed E-state index contributed by atoms with van der Waals surface area (Å²) in [4.78, 5) is 30.5. The highest BCUT2D eigenvalue weighted by Gasteiger charge is 2.11. The number of carbonyl (C=O) groups is 1. The maximum Gasteiger partial charge on any atom is 0.308 e. The van der Waals surface area contributed by atoms with Crippen molar-refractivity contribution in [3.63, 3.8) is 0 Å². The SMILES string of the molecule is CCSc1ccc(CC(=O)Nc2ccc3c(c2)sc(=O)n3Cc2ccc(Br)cn2)cc1. The van der Waals surface area contributed by atoms with Crippen LogP contribution < -0.4 is 10.2 Å². The van der Waals surface area contributed by atoms with Crippen LogP contribution in [-0.4, -0.2) is 21.2 Å². The predicted molar refractivity (Wildman–Crippen MR) is 132 cm³/mol. The predicted octanol–water partition coefficient (Wildman–Crippen LogP) is 5.56. The standard InChI is InChI=1S/C23H20BrN3O2S2/c1-2-30-19-8-3-15(4-9-19)11-22(28)26-17-7-10-20-21(12-17)31-23(29)27(20)14-18-6-5-16(24)13-25-18/h3-10,12-13H,2,11,14H2,1H3,(H,26,28). The monoisotopic (exact) mass is 513 g/mol. The van der Waals surface area contributed by atoms with E-state index in [2.05, 4.69) is 33.2 Å². The average molecular weight is 514 g/mol. The molecule has 0 spiro atoms. The lowest BCUT2D eigenvalue weighted by molar-refractivity contribution is -0.115. The van der Waals surface area contributed by atoms with E-state index in [9.17, 15) is 9.59 Å². The van der Waals surface area contributed by atoms with Crippen molar-refractivity contribution in [1.82, 2.24) is 9.55 Å². The third kappa shape index (κ3) is 5.44. The zero-order valence-electron chi connectivity index (χ0n) is 16.8. The van der Waals surface area contributed by atoms with Gasteiger partial charge in [0.25, 0.3) is 0 Å². The van der Waals surface area contributed by atoms with Gasteiger partial charge in [0, 0.05) is 21.3 Å². The maximum absolute atomic E-state index is 12.5. The number of nitrogens with one attached hydrogen (secondary N) is 1. The molecule has 0 fully saturated rings. The summed E-state index contributed by atoms with van der Waals surface area (Å²) in [7, 11) is 0. The van der Waals surface area contributed by atoms with Crippen molar-refractivity contribution >= 4 is 60.8 Å². The lowest BCUT2D eigenvalue weighted by Crippen LogP contribution is -2.15. The van der Waals surface area contributed by atoms with Gasteiger partial charge in [0.15, 0.2) is 0 Å². The minimum Gasteiger partial charge on any atom is -0.326 e. The fourth-order valence-corrected chi connectivity index (χ4v) is 5.04. The second-order valence-corrected chi connectivity index (χ2v) is 10.2. The summed E-state index contributed by atoms with van der Waals surface area (Å²) >= 11 is 6.32. The maximum atomic E-state index is 12.5. The van der Waals surface area contributed by atoms with Crippen LogP contribution in [-0.2, 0) is 17.8 Å². The molecule has 0 aliphatic rings. The lowest BCUT2D eigenvalue weighted by atomic mass is 10.1. The molecule has 8 heteroatoms. The Kier molecular flexibility index (Phi) is 6.89. The molecule has 1 N–H and O–H groups in total. The molecular formula is C23H20BrN3O2S2. The van der Waals surface area contributed by atoms with Gasteiger partial charge in [-0.3, -0.25) is 19.1 Å². The van der Waals surface area contributed by atoms with Gasteiger partial charge in [-0.1, -0.05) is 30.4 Å². The highest BCUT2D eigenvalue weighted by molar-refractivity contribution is 9.10. The minimum absolute atomic E-state index is 0.0479. The second kappa shape index (κ2) is 9.80. The van der Waals surface area contributed by atoms with Crippen molar-refractivity contribution in [1.29, 1.82) is 0 Å². The zero-order valence-corrected chi connectivity index (χ0v) is 20.0. The van der Waals surface area contributed by atoms with Crippen LogP contribution >= 0.6 is 39.0 Å². The van der Waals surface area contributed by atoms with Gasteiger partial charge in [0.05, 0.1) is 28.9 Å². The number of hydrogen-bond donors (Lipinski definition) is 1. The summed E-state index contributed by atoms with van der Waals surface area (Å²) in [6, 6.07) is 17.4. The first-order valence-corrected chi connectivity index (χ1v) is 12.4. The van der Waals surface area contributed by atoms with E-state index in [1.165, 1.54) is 16.2 Å². The number of amides is 1. The molecule has 0 unspecified atom stereocenters. The molecule has 158 valence electrons. The molecular weight excluding hydrogens is 494 g/mol. The third-order valence-electron chi connectivity index (χ3n) is 4.66. The van der Waals surface area contributed by atoms with Crippen LogP contribution in [0.3, 0.4) is 0 Å². The first kappa shape index (κ1) is 21.8. The number of carbonyl (C=O) groups excluding carboxylic acids is 1. The smallest absolute Gasteiger partial charge is 0.308 e. The van der Waals surface area contributed by atoms with Crippen molar-refractivity contribution in [2.45, 2.75) is 24.8 Å². The Morgan fingerprint density at radius 2 is 1.97 bits per heavy atom. The Bertz CT molecular complexity index is 1260. The van der Waals surface area contributed by atoms with Gasteiger partial charge in [0.2, 0.25) is 5.91 Å². The van der Waals surface area contributed by atoms with Crippen LogP contribution in [0.2, 0.25) is 0 Å². The first-order chi connectivity index (χ1) is 15.0. The zero-order chi connectivity index (χ0) is 21.8. The van der Waals surface area contributed by atoms with Crippen molar-refractivity contribution in [2.24, 2.45) is 0 Å². The van der Waals surface area contributed by atoms with E-state index in [1.807, 2.05) is 54.6 Å². The number of thioether (sulfide) groups is 1. The summed E-state index contributed by atoms with van der Waals surface area (Å²) in [5, 5.41) is 2.94. The van der Waals surface area contributed by atoms with Gasteiger partial charge >= 0.3 is 4.87 Å². The molecule has 0 aliphatic heterocycles. The number of fused-ring (bicyclic) bond motifs is 1. The molecule has 2 heterocycles. The quantitative estimate of drug-likeness (QED) is 0.328.